The Balaban J connectivity index is 1.73. The molecule has 5 heteroatoms. The predicted octanol–water partition coefficient (Wildman–Crippen LogP) is 1.12. The Morgan fingerprint density at radius 2 is 1.95 bits per heavy atom. The molecule has 2 amide bonds. The van der Waals surface area contributed by atoms with Gasteiger partial charge in [-0.1, -0.05) is 30.3 Å². The summed E-state index contributed by atoms with van der Waals surface area (Å²) in [6, 6.07) is 9.39. The molecule has 0 unspecified atom stereocenters. The normalized spacial score (nSPS) is 28.1. The third-order valence-electron chi connectivity index (χ3n) is 3.96. The molecule has 1 saturated heterocycles. The molecule has 0 aromatic heterocycles. The van der Waals surface area contributed by atoms with E-state index in [-0.39, 0.29) is 24.3 Å². The van der Waals surface area contributed by atoms with Crippen molar-refractivity contribution in [3.05, 3.63) is 35.9 Å². The number of hydrogen-bond acceptors (Lipinski definition) is 4. The van der Waals surface area contributed by atoms with Crippen LogP contribution in [-0.2, 0) is 25.7 Å². The summed E-state index contributed by atoms with van der Waals surface area (Å²) in [5.74, 6) is -1.56. The lowest BCUT2D eigenvalue weighted by Crippen LogP contribution is -2.45. The second-order valence-electron chi connectivity index (χ2n) is 5.26. The van der Waals surface area contributed by atoms with Crippen LogP contribution in [0.5, 0.6) is 0 Å². The Bertz CT molecular complexity index is 568. The fourth-order valence-electron chi connectivity index (χ4n) is 2.94. The zero-order chi connectivity index (χ0) is 14.3. The van der Waals surface area contributed by atoms with Crippen LogP contribution in [0.4, 0.5) is 0 Å². The van der Waals surface area contributed by atoms with Crippen molar-refractivity contribution < 1.29 is 19.1 Å². The van der Waals surface area contributed by atoms with E-state index in [9.17, 15) is 14.4 Å². The van der Waals surface area contributed by atoms with Crippen LogP contribution < -0.4 is 0 Å². The highest BCUT2D eigenvalue weighted by molar-refractivity contribution is 6.06. The van der Waals surface area contributed by atoms with Gasteiger partial charge in [-0.3, -0.25) is 19.3 Å². The molecular weight excluding hydrogens is 258 g/mol. The number of benzene rings is 1. The average molecular weight is 273 g/mol. The number of carbonyl (C=O) groups is 3. The van der Waals surface area contributed by atoms with E-state index >= 15 is 0 Å². The van der Waals surface area contributed by atoms with E-state index in [2.05, 4.69) is 0 Å². The summed E-state index contributed by atoms with van der Waals surface area (Å²) < 4.78 is 5.08. The van der Waals surface area contributed by atoms with Gasteiger partial charge in [-0.15, -0.1) is 0 Å². The lowest BCUT2D eigenvalue weighted by molar-refractivity contribution is -0.163. The van der Waals surface area contributed by atoms with Gasteiger partial charge in [0.05, 0.1) is 18.4 Å². The van der Waals surface area contributed by atoms with Crippen LogP contribution in [0.15, 0.2) is 30.3 Å². The average Bonchev–Trinajstić information content (AvgIpc) is 2.57. The summed E-state index contributed by atoms with van der Waals surface area (Å²) in [5, 5.41) is 0. The van der Waals surface area contributed by atoms with Crippen LogP contribution in [0.2, 0.25) is 0 Å². The summed E-state index contributed by atoms with van der Waals surface area (Å²) in [6.07, 6.45) is 0.0230. The Morgan fingerprint density at radius 3 is 2.60 bits per heavy atom. The molecule has 104 valence electrons. The van der Waals surface area contributed by atoms with Crippen molar-refractivity contribution in [2.24, 2.45) is 11.8 Å². The number of rotatable bonds is 3. The fourth-order valence-corrected chi connectivity index (χ4v) is 2.94. The van der Waals surface area contributed by atoms with E-state index < -0.39 is 18.0 Å². The number of likely N-dealkylation sites (tertiary alicyclic amines) is 1. The molecule has 5 nitrogen and oxygen atoms in total. The smallest absolute Gasteiger partial charge is 0.302 e. The number of hydrogen-bond donors (Lipinski definition) is 0. The van der Waals surface area contributed by atoms with Gasteiger partial charge >= 0.3 is 5.97 Å². The molecule has 0 bridgehead atoms. The van der Waals surface area contributed by atoms with E-state index in [1.807, 2.05) is 30.3 Å². The molecule has 20 heavy (non-hydrogen) atoms. The van der Waals surface area contributed by atoms with Crippen molar-refractivity contribution in [2.45, 2.75) is 26.0 Å². The first-order chi connectivity index (χ1) is 9.58. The number of imide groups is 1. The number of esters is 1. The van der Waals surface area contributed by atoms with Gasteiger partial charge in [0.15, 0.2) is 0 Å². The molecule has 0 spiro atoms. The monoisotopic (exact) mass is 273 g/mol. The predicted molar refractivity (Wildman–Crippen MR) is 69.2 cm³/mol. The summed E-state index contributed by atoms with van der Waals surface area (Å²) in [5.41, 5.74) is 0.916. The minimum Gasteiger partial charge on any atom is -0.462 e. The minimum absolute atomic E-state index is 0.146. The minimum atomic E-state index is -0.477. The topological polar surface area (TPSA) is 63.7 Å². The quantitative estimate of drug-likeness (QED) is 0.611. The highest BCUT2D eigenvalue weighted by Gasteiger charge is 2.59. The van der Waals surface area contributed by atoms with Crippen LogP contribution in [0.3, 0.4) is 0 Å². The first-order valence-corrected chi connectivity index (χ1v) is 6.64. The van der Waals surface area contributed by atoms with Crippen molar-refractivity contribution in [1.29, 1.82) is 0 Å². The van der Waals surface area contributed by atoms with Gasteiger partial charge in [0.1, 0.15) is 6.10 Å². The molecule has 1 aromatic rings. The van der Waals surface area contributed by atoms with Gasteiger partial charge in [-0.25, -0.2) is 0 Å². The van der Waals surface area contributed by atoms with Crippen molar-refractivity contribution in [1.82, 2.24) is 4.90 Å². The number of carbonyl (C=O) groups excluding carboxylic acids is 3. The number of amides is 2. The number of ether oxygens (including phenoxy) is 1. The maximum absolute atomic E-state index is 12.3. The van der Waals surface area contributed by atoms with E-state index in [1.165, 1.54) is 11.8 Å². The third-order valence-corrected chi connectivity index (χ3v) is 3.96. The molecule has 1 heterocycles. The van der Waals surface area contributed by atoms with E-state index in [4.69, 9.17) is 4.74 Å². The molecule has 0 radical (unpaired) electrons. The van der Waals surface area contributed by atoms with Gasteiger partial charge in [-0.05, 0) is 12.0 Å². The third kappa shape index (κ3) is 1.99. The number of fused-ring (bicyclic) bond motifs is 1. The molecule has 3 rings (SSSR count). The van der Waals surface area contributed by atoms with Gasteiger partial charge in [-0.2, -0.15) is 0 Å². The van der Waals surface area contributed by atoms with Crippen LogP contribution in [0.25, 0.3) is 0 Å². The van der Waals surface area contributed by atoms with Crippen molar-refractivity contribution in [2.75, 3.05) is 0 Å². The summed E-state index contributed by atoms with van der Waals surface area (Å²) >= 11 is 0. The standard InChI is InChI=1S/C15H15NO4/c1-9(17)20-12-7-11-13(12)15(19)16(14(11)18)8-10-5-3-2-4-6-10/h2-6,11-13H,7-8H2,1H3/t11-,12-,13-/m1/s1. The fraction of sp³-hybridized carbons (Fsp3) is 0.400. The lowest BCUT2D eigenvalue weighted by atomic mass is 9.72. The van der Waals surface area contributed by atoms with E-state index in [0.29, 0.717) is 6.42 Å². The molecule has 2 fully saturated rings. The van der Waals surface area contributed by atoms with Crippen LogP contribution in [-0.4, -0.2) is 28.8 Å². The van der Waals surface area contributed by atoms with Crippen molar-refractivity contribution in [3.63, 3.8) is 0 Å². The maximum Gasteiger partial charge on any atom is 0.302 e. The van der Waals surface area contributed by atoms with Gasteiger partial charge in [0.2, 0.25) is 11.8 Å². The van der Waals surface area contributed by atoms with Crippen LogP contribution in [0, 0.1) is 11.8 Å². The Labute approximate surface area is 116 Å². The second-order valence-corrected chi connectivity index (χ2v) is 5.26. The SMILES string of the molecule is CC(=O)O[C@@H]1C[C@H]2C(=O)N(Cc3ccccc3)C(=O)[C@@H]12. The first-order valence-electron chi connectivity index (χ1n) is 6.64. The lowest BCUT2D eigenvalue weighted by Gasteiger charge is -2.35. The molecule has 0 N–H and O–H groups in total. The Morgan fingerprint density at radius 1 is 1.25 bits per heavy atom. The maximum atomic E-state index is 12.3. The highest BCUT2D eigenvalue weighted by Crippen LogP contribution is 2.44. The van der Waals surface area contributed by atoms with Gasteiger partial charge in [0.25, 0.3) is 0 Å². The van der Waals surface area contributed by atoms with E-state index in [1.54, 1.807) is 0 Å². The largest absolute Gasteiger partial charge is 0.462 e. The summed E-state index contributed by atoms with van der Waals surface area (Å²) in [7, 11) is 0. The highest BCUT2D eigenvalue weighted by atomic mass is 16.5. The Kier molecular flexibility index (Phi) is 3.04. The molecule has 1 aromatic carbocycles. The van der Waals surface area contributed by atoms with Crippen LogP contribution >= 0.6 is 0 Å². The molecule has 1 aliphatic carbocycles. The Hall–Kier alpha value is -2.17. The molecule has 3 atom stereocenters. The van der Waals surface area contributed by atoms with Crippen molar-refractivity contribution in [3.8, 4) is 0 Å². The zero-order valence-corrected chi connectivity index (χ0v) is 11.1. The van der Waals surface area contributed by atoms with Gasteiger partial charge < -0.3 is 4.74 Å². The second kappa shape index (κ2) is 4.74. The van der Waals surface area contributed by atoms with Crippen molar-refractivity contribution >= 4 is 17.8 Å². The molecule has 2 aliphatic rings. The molecular formula is C15H15NO4. The molecule has 1 aliphatic heterocycles. The van der Waals surface area contributed by atoms with Gasteiger partial charge in [0, 0.05) is 6.92 Å². The number of nitrogens with zero attached hydrogens (tertiary/aromatic N) is 1. The van der Waals surface area contributed by atoms with Crippen LogP contribution in [0.1, 0.15) is 18.9 Å². The zero-order valence-electron chi connectivity index (χ0n) is 11.1. The summed E-state index contributed by atoms with van der Waals surface area (Å²) in [6.45, 7) is 1.61. The first kappa shape index (κ1) is 12.8. The summed E-state index contributed by atoms with van der Waals surface area (Å²) in [4.78, 5) is 36.7. The van der Waals surface area contributed by atoms with E-state index in [0.717, 1.165) is 5.56 Å². The molecule has 1 saturated carbocycles.